The Balaban J connectivity index is 1.89. The van der Waals surface area contributed by atoms with Crippen LogP contribution in [0.25, 0.3) is 20.2 Å². The van der Waals surface area contributed by atoms with Crippen LogP contribution in [-0.2, 0) is 5.92 Å². The van der Waals surface area contributed by atoms with Crippen molar-refractivity contribution in [3.05, 3.63) is 59.5 Å². The molecule has 7 heteroatoms. The summed E-state index contributed by atoms with van der Waals surface area (Å²) in [5.41, 5.74) is -0.441. The van der Waals surface area contributed by atoms with Crippen molar-refractivity contribution < 1.29 is 22.0 Å². The molecule has 0 saturated heterocycles. The minimum atomic E-state index is -5.59. The number of thiophene rings is 2. The largest absolute Gasteiger partial charge is 0.458 e. The van der Waals surface area contributed by atoms with Crippen molar-refractivity contribution in [1.29, 1.82) is 0 Å². The number of hydrogen-bond acceptors (Lipinski definition) is 2. The molecule has 0 atom stereocenters. The van der Waals surface area contributed by atoms with Gasteiger partial charge >= 0.3 is 12.1 Å². The average Bonchev–Trinajstić information content (AvgIpc) is 3.17. The lowest BCUT2D eigenvalue weighted by Gasteiger charge is -2.19. The molecule has 120 valence electrons. The third-order valence-corrected chi connectivity index (χ3v) is 5.46. The van der Waals surface area contributed by atoms with Crippen LogP contribution in [-0.4, -0.2) is 6.18 Å². The van der Waals surface area contributed by atoms with E-state index in [0.29, 0.717) is 5.56 Å². The van der Waals surface area contributed by atoms with Gasteiger partial charge in [0.25, 0.3) is 0 Å². The first-order valence-electron chi connectivity index (χ1n) is 6.48. The van der Waals surface area contributed by atoms with Gasteiger partial charge in [0, 0.05) is 20.2 Å². The number of rotatable bonds is 3. The summed E-state index contributed by atoms with van der Waals surface area (Å²) in [6.07, 6.45) is -5.59. The van der Waals surface area contributed by atoms with Crippen molar-refractivity contribution >= 4 is 22.7 Å². The maximum Gasteiger partial charge on any atom is 0.458 e. The van der Waals surface area contributed by atoms with Gasteiger partial charge in [0.05, 0.1) is 0 Å². The maximum atomic E-state index is 13.3. The second-order valence-corrected chi connectivity index (χ2v) is 6.82. The first-order chi connectivity index (χ1) is 10.8. The number of benzene rings is 1. The zero-order valence-corrected chi connectivity index (χ0v) is 13.0. The smallest absolute Gasteiger partial charge is 0.191 e. The highest BCUT2D eigenvalue weighted by Crippen LogP contribution is 2.44. The van der Waals surface area contributed by atoms with Gasteiger partial charge < -0.3 is 0 Å². The number of hydrogen-bond donors (Lipinski definition) is 0. The lowest BCUT2D eigenvalue weighted by Crippen LogP contribution is -2.33. The van der Waals surface area contributed by atoms with Crippen LogP contribution in [0.15, 0.2) is 53.9 Å². The average molecular weight is 360 g/mol. The predicted molar refractivity (Wildman–Crippen MR) is 83.0 cm³/mol. The van der Waals surface area contributed by atoms with Crippen LogP contribution in [0.3, 0.4) is 0 Å². The van der Waals surface area contributed by atoms with Gasteiger partial charge in [-0.1, -0.05) is 30.3 Å². The molecule has 0 aliphatic rings. The molecular weight excluding hydrogens is 351 g/mol. The normalized spacial score (nSPS) is 12.6. The second-order valence-electron chi connectivity index (χ2n) is 4.79. The van der Waals surface area contributed by atoms with E-state index in [0.717, 1.165) is 26.8 Å². The van der Waals surface area contributed by atoms with Gasteiger partial charge in [0.2, 0.25) is 0 Å². The zero-order chi connectivity index (χ0) is 16.7. The van der Waals surface area contributed by atoms with E-state index < -0.39 is 17.7 Å². The highest BCUT2D eigenvalue weighted by atomic mass is 32.1. The molecule has 0 unspecified atom stereocenters. The fraction of sp³-hybridized carbons (Fsp3) is 0.125. The van der Waals surface area contributed by atoms with E-state index in [1.807, 2.05) is 29.6 Å². The quantitative estimate of drug-likeness (QED) is 0.451. The molecule has 0 N–H and O–H groups in total. The molecule has 0 radical (unpaired) electrons. The van der Waals surface area contributed by atoms with Crippen LogP contribution in [0.2, 0.25) is 0 Å². The van der Waals surface area contributed by atoms with E-state index >= 15 is 0 Å². The number of alkyl halides is 5. The molecule has 3 aromatic rings. The van der Waals surface area contributed by atoms with Gasteiger partial charge in [-0.15, -0.1) is 22.7 Å². The van der Waals surface area contributed by atoms with Crippen LogP contribution in [0.5, 0.6) is 0 Å². The van der Waals surface area contributed by atoms with Gasteiger partial charge in [-0.25, -0.2) is 0 Å². The summed E-state index contributed by atoms with van der Waals surface area (Å²) in [7, 11) is 0. The molecule has 3 rings (SSSR count). The summed E-state index contributed by atoms with van der Waals surface area (Å²) in [5, 5.41) is 1.95. The van der Waals surface area contributed by atoms with Crippen molar-refractivity contribution in [3.63, 3.8) is 0 Å². The predicted octanol–water partition coefficient (Wildman–Crippen LogP) is 6.80. The molecule has 23 heavy (non-hydrogen) atoms. The maximum absolute atomic E-state index is 13.3. The molecule has 0 amide bonds. The fourth-order valence-corrected chi connectivity index (χ4v) is 3.90. The van der Waals surface area contributed by atoms with E-state index in [9.17, 15) is 22.0 Å². The number of halogens is 5. The van der Waals surface area contributed by atoms with Gasteiger partial charge in [0.1, 0.15) is 0 Å². The Labute approximate surface area is 136 Å². The SMILES string of the molecule is FC(F)(F)C(F)(F)c1ccc(-c2ccc(-c3cccs3)s2)cc1. The van der Waals surface area contributed by atoms with Crippen LogP contribution in [0, 0.1) is 0 Å². The monoisotopic (exact) mass is 360 g/mol. The minimum Gasteiger partial charge on any atom is -0.191 e. The molecule has 0 aliphatic heterocycles. The Morgan fingerprint density at radius 2 is 1.35 bits per heavy atom. The Morgan fingerprint density at radius 1 is 0.696 bits per heavy atom. The van der Waals surface area contributed by atoms with Gasteiger partial charge in [-0.3, -0.25) is 0 Å². The van der Waals surface area contributed by atoms with Crippen molar-refractivity contribution in [3.8, 4) is 20.2 Å². The molecule has 1 aromatic carbocycles. The van der Waals surface area contributed by atoms with Crippen LogP contribution >= 0.6 is 22.7 Å². The summed E-state index contributed by atoms with van der Waals surface area (Å²) < 4.78 is 63.6. The Morgan fingerprint density at radius 3 is 1.91 bits per heavy atom. The first kappa shape index (κ1) is 16.1. The molecule has 0 nitrogen and oxygen atoms in total. The summed E-state index contributed by atoms with van der Waals surface area (Å²) in [5.74, 6) is -4.84. The highest BCUT2D eigenvalue weighted by molar-refractivity contribution is 7.23. The Bertz CT molecular complexity index is 783. The third-order valence-electron chi connectivity index (χ3n) is 3.26. The van der Waals surface area contributed by atoms with Crippen molar-refractivity contribution in [2.24, 2.45) is 0 Å². The molecule has 2 aromatic heterocycles. The molecule has 0 saturated carbocycles. The minimum absolute atomic E-state index is 0.611. The van der Waals surface area contributed by atoms with Crippen molar-refractivity contribution in [1.82, 2.24) is 0 Å². The topological polar surface area (TPSA) is 0 Å². The molecule has 0 fully saturated rings. The fourth-order valence-electron chi connectivity index (χ4n) is 2.05. The lowest BCUT2D eigenvalue weighted by molar-refractivity contribution is -0.289. The first-order valence-corrected chi connectivity index (χ1v) is 8.18. The zero-order valence-electron chi connectivity index (χ0n) is 11.4. The highest BCUT2D eigenvalue weighted by Gasteiger charge is 2.58. The van der Waals surface area contributed by atoms with Gasteiger partial charge in [-0.2, -0.15) is 22.0 Å². The summed E-state index contributed by atoms with van der Waals surface area (Å²) in [6.45, 7) is 0. The summed E-state index contributed by atoms with van der Waals surface area (Å²) >= 11 is 3.04. The molecule has 0 bridgehead atoms. The summed E-state index contributed by atoms with van der Waals surface area (Å²) in [4.78, 5) is 2.93. The molecule has 2 heterocycles. The van der Waals surface area contributed by atoms with Crippen molar-refractivity contribution in [2.75, 3.05) is 0 Å². The van der Waals surface area contributed by atoms with E-state index in [1.165, 1.54) is 23.5 Å². The Hall–Kier alpha value is -1.73. The lowest BCUT2D eigenvalue weighted by atomic mass is 10.1. The van der Waals surface area contributed by atoms with Crippen molar-refractivity contribution in [2.45, 2.75) is 12.1 Å². The summed E-state index contributed by atoms with van der Waals surface area (Å²) in [6, 6.07) is 11.9. The van der Waals surface area contributed by atoms with E-state index in [4.69, 9.17) is 0 Å². The third kappa shape index (κ3) is 3.03. The molecule has 0 spiro atoms. The molecular formula is C16H9F5S2. The van der Waals surface area contributed by atoms with E-state index in [2.05, 4.69) is 0 Å². The van der Waals surface area contributed by atoms with Gasteiger partial charge in [-0.05, 0) is 29.1 Å². The Kier molecular flexibility index (Phi) is 4.01. The standard InChI is InChI=1S/C16H9F5S2/c17-15(18,16(19,20)21)11-5-3-10(4-6-11)12-7-8-14(23-12)13-2-1-9-22-13/h1-9H. The van der Waals surface area contributed by atoms with E-state index in [1.54, 1.807) is 11.3 Å². The van der Waals surface area contributed by atoms with Crippen LogP contribution in [0.1, 0.15) is 5.56 Å². The van der Waals surface area contributed by atoms with Crippen LogP contribution in [0.4, 0.5) is 22.0 Å². The van der Waals surface area contributed by atoms with Gasteiger partial charge in [0.15, 0.2) is 0 Å². The molecule has 0 aliphatic carbocycles. The van der Waals surface area contributed by atoms with Crippen LogP contribution < -0.4 is 0 Å². The van der Waals surface area contributed by atoms with E-state index in [-0.39, 0.29) is 0 Å². The second kappa shape index (κ2) is 5.72.